The molecule has 2 aromatic carbocycles. The van der Waals surface area contributed by atoms with Crippen LogP contribution in [-0.2, 0) is 19.4 Å². The number of nitrogens with zero attached hydrogens (tertiary/aromatic N) is 1. The highest BCUT2D eigenvalue weighted by molar-refractivity contribution is 6.30. The van der Waals surface area contributed by atoms with E-state index in [1.807, 2.05) is 12.1 Å². The Kier molecular flexibility index (Phi) is 4.75. The van der Waals surface area contributed by atoms with E-state index in [9.17, 15) is 0 Å². The van der Waals surface area contributed by atoms with Crippen LogP contribution >= 0.6 is 11.6 Å². The van der Waals surface area contributed by atoms with Crippen molar-refractivity contribution < 1.29 is 4.74 Å². The van der Waals surface area contributed by atoms with E-state index in [0.29, 0.717) is 6.04 Å². The van der Waals surface area contributed by atoms with Gasteiger partial charge in [0.15, 0.2) is 0 Å². The van der Waals surface area contributed by atoms with Crippen molar-refractivity contribution in [2.24, 2.45) is 11.8 Å². The molecule has 0 spiro atoms. The molecular weight excluding hydrogens is 330 g/mol. The number of fused-ring (bicyclic) bond motifs is 3. The fourth-order valence-corrected chi connectivity index (χ4v) is 5.11. The van der Waals surface area contributed by atoms with Crippen molar-refractivity contribution in [3.05, 3.63) is 64.2 Å². The van der Waals surface area contributed by atoms with Gasteiger partial charge in [-0.3, -0.25) is 4.90 Å². The first kappa shape index (κ1) is 16.9. The number of ether oxygens (including phenoxy) is 1. The predicted octanol–water partition coefficient (Wildman–Crippen LogP) is 4.97. The number of benzene rings is 2. The lowest BCUT2D eigenvalue weighted by atomic mass is 9.93. The van der Waals surface area contributed by atoms with Crippen molar-refractivity contribution in [1.82, 2.24) is 4.90 Å². The van der Waals surface area contributed by atoms with Gasteiger partial charge in [0.1, 0.15) is 5.75 Å². The molecule has 2 aliphatic rings. The van der Waals surface area contributed by atoms with E-state index in [1.54, 1.807) is 7.11 Å². The van der Waals surface area contributed by atoms with Gasteiger partial charge in [-0.05, 0) is 85.5 Å². The van der Waals surface area contributed by atoms with Gasteiger partial charge >= 0.3 is 0 Å². The normalized spacial score (nSPS) is 24.9. The first-order valence-corrected chi connectivity index (χ1v) is 9.62. The van der Waals surface area contributed by atoms with Crippen LogP contribution in [0.4, 0.5) is 0 Å². The molecule has 2 nitrogen and oxygen atoms in total. The van der Waals surface area contributed by atoms with Gasteiger partial charge in [-0.25, -0.2) is 0 Å². The molecule has 0 saturated heterocycles. The van der Waals surface area contributed by atoms with Gasteiger partial charge in [-0.15, -0.1) is 0 Å². The van der Waals surface area contributed by atoms with Crippen LogP contribution in [0.15, 0.2) is 42.5 Å². The van der Waals surface area contributed by atoms with Crippen LogP contribution in [0.2, 0.25) is 5.02 Å². The molecule has 0 aliphatic heterocycles. The second-order valence-corrected chi connectivity index (χ2v) is 8.11. The van der Waals surface area contributed by atoms with E-state index in [1.165, 1.54) is 42.4 Å². The molecule has 2 aromatic rings. The number of hydrogen-bond donors (Lipinski definition) is 0. The summed E-state index contributed by atoms with van der Waals surface area (Å²) in [5.74, 6) is 2.50. The Morgan fingerprint density at radius 1 is 1.00 bits per heavy atom. The van der Waals surface area contributed by atoms with Crippen molar-refractivity contribution in [3.63, 3.8) is 0 Å². The Bertz CT molecular complexity index is 742. The van der Waals surface area contributed by atoms with E-state index >= 15 is 0 Å². The fraction of sp³-hybridized carbons (Fsp3) is 0.455. The molecule has 0 heterocycles. The molecule has 0 amide bonds. The van der Waals surface area contributed by atoms with Gasteiger partial charge < -0.3 is 4.74 Å². The molecule has 3 atom stereocenters. The molecule has 2 aliphatic carbocycles. The fourth-order valence-electron chi connectivity index (χ4n) is 4.99. The average Bonchev–Trinajstić information content (AvgIpc) is 2.91. The minimum Gasteiger partial charge on any atom is -0.497 e. The highest BCUT2D eigenvalue weighted by Gasteiger charge is 2.41. The summed E-state index contributed by atoms with van der Waals surface area (Å²) in [6.45, 7) is 0.995. The Balaban J connectivity index is 1.54. The zero-order valence-corrected chi connectivity index (χ0v) is 15.8. The monoisotopic (exact) mass is 355 g/mol. The average molecular weight is 356 g/mol. The van der Waals surface area contributed by atoms with E-state index in [0.717, 1.165) is 29.2 Å². The third-order valence-corrected chi connectivity index (χ3v) is 6.36. The van der Waals surface area contributed by atoms with Crippen molar-refractivity contribution in [2.45, 2.75) is 38.3 Å². The summed E-state index contributed by atoms with van der Waals surface area (Å²) in [4.78, 5) is 2.58. The lowest BCUT2D eigenvalue weighted by Crippen LogP contribution is -2.39. The quantitative estimate of drug-likeness (QED) is 0.767. The molecule has 3 unspecified atom stereocenters. The van der Waals surface area contributed by atoms with Gasteiger partial charge in [0.25, 0.3) is 0 Å². The zero-order valence-electron chi connectivity index (χ0n) is 15.0. The largest absolute Gasteiger partial charge is 0.497 e. The maximum Gasteiger partial charge on any atom is 0.119 e. The number of hydrogen-bond acceptors (Lipinski definition) is 2. The second-order valence-electron chi connectivity index (χ2n) is 7.67. The van der Waals surface area contributed by atoms with Gasteiger partial charge in [-0.1, -0.05) is 29.8 Å². The number of halogens is 1. The summed E-state index contributed by atoms with van der Waals surface area (Å²) in [6.07, 6.45) is 5.08. The molecule has 1 fully saturated rings. The molecule has 0 N–H and O–H groups in total. The van der Waals surface area contributed by atoms with Gasteiger partial charge in [0.05, 0.1) is 7.11 Å². The maximum absolute atomic E-state index is 6.03. The van der Waals surface area contributed by atoms with Crippen LogP contribution in [0.25, 0.3) is 0 Å². The van der Waals surface area contributed by atoms with E-state index < -0.39 is 0 Å². The minimum atomic E-state index is 0.661. The summed E-state index contributed by atoms with van der Waals surface area (Å²) in [5.41, 5.74) is 4.36. The van der Waals surface area contributed by atoms with Crippen LogP contribution in [0.3, 0.4) is 0 Å². The van der Waals surface area contributed by atoms with Gasteiger partial charge in [0, 0.05) is 17.6 Å². The van der Waals surface area contributed by atoms with Gasteiger partial charge in [0.2, 0.25) is 0 Å². The molecule has 132 valence electrons. The molecule has 25 heavy (non-hydrogen) atoms. The molecule has 0 aromatic heterocycles. The predicted molar refractivity (Wildman–Crippen MR) is 103 cm³/mol. The van der Waals surface area contributed by atoms with Crippen LogP contribution < -0.4 is 4.74 Å². The zero-order chi connectivity index (χ0) is 17.4. The SMILES string of the molecule is COc1ccc2c(c1)CC1CCC(C2)C1N(C)Cc1ccc(Cl)cc1. The third kappa shape index (κ3) is 3.43. The first-order chi connectivity index (χ1) is 12.1. The Morgan fingerprint density at radius 2 is 1.68 bits per heavy atom. The molecular formula is C22H26ClNO. The molecule has 0 radical (unpaired) electrons. The Morgan fingerprint density at radius 3 is 2.36 bits per heavy atom. The summed E-state index contributed by atoms with van der Waals surface area (Å²) in [6, 6.07) is 15.6. The highest BCUT2D eigenvalue weighted by Crippen LogP contribution is 2.43. The molecule has 3 heteroatoms. The summed E-state index contributed by atoms with van der Waals surface area (Å²) in [7, 11) is 4.05. The minimum absolute atomic E-state index is 0.661. The van der Waals surface area contributed by atoms with E-state index in [4.69, 9.17) is 16.3 Å². The number of methoxy groups -OCH3 is 1. The lowest BCUT2D eigenvalue weighted by molar-refractivity contribution is 0.153. The Labute approximate surface area is 155 Å². The van der Waals surface area contributed by atoms with E-state index in [-0.39, 0.29) is 0 Å². The van der Waals surface area contributed by atoms with Crippen LogP contribution in [0.1, 0.15) is 29.5 Å². The lowest BCUT2D eigenvalue weighted by Gasteiger charge is -2.32. The van der Waals surface area contributed by atoms with Crippen molar-refractivity contribution in [2.75, 3.05) is 14.2 Å². The molecule has 2 bridgehead atoms. The van der Waals surface area contributed by atoms with E-state index in [2.05, 4.69) is 42.3 Å². The summed E-state index contributed by atoms with van der Waals surface area (Å²) in [5, 5.41) is 0.810. The smallest absolute Gasteiger partial charge is 0.119 e. The standard InChI is InChI=1S/C22H26ClNO/c1-24(14-15-3-8-20(23)9-4-15)22-17-5-6-18(22)12-19-13-21(25-2)10-7-16(19)11-17/h3-4,7-10,13,17-18,22H,5-6,11-12,14H2,1-2H3. The molecule has 4 rings (SSSR count). The molecule has 1 saturated carbocycles. The van der Waals surface area contributed by atoms with Crippen LogP contribution in [-0.4, -0.2) is 25.1 Å². The highest BCUT2D eigenvalue weighted by atomic mass is 35.5. The van der Waals surface area contributed by atoms with Gasteiger partial charge in [-0.2, -0.15) is 0 Å². The number of rotatable bonds is 4. The topological polar surface area (TPSA) is 12.5 Å². The van der Waals surface area contributed by atoms with Crippen molar-refractivity contribution in [1.29, 1.82) is 0 Å². The summed E-state index contributed by atoms with van der Waals surface area (Å²) >= 11 is 6.03. The van der Waals surface area contributed by atoms with Crippen molar-refractivity contribution >= 4 is 11.6 Å². The second kappa shape index (κ2) is 7.01. The van der Waals surface area contributed by atoms with Crippen LogP contribution in [0.5, 0.6) is 5.75 Å². The Hall–Kier alpha value is -1.51. The third-order valence-electron chi connectivity index (χ3n) is 6.11. The van der Waals surface area contributed by atoms with Crippen LogP contribution in [0, 0.1) is 11.8 Å². The summed E-state index contributed by atoms with van der Waals surface area (Å²) < 4.78 is 5.44. The maximum atomic E-state index is 6.03. The van der Waals surface area contributed by atoms with Crippen molar-refractivity contribution in [3.8, 4) is 5.75 Å². The first-order valence-electron chi connectivity index (χ1n) is 9.24.